The number of amides is 1. The van der Waals surface area contributed by atoms with Gasteiger partial charge in [0.1, 0.15) is 0 Å². The van der Waals surface area contributed by atoms with Crippen LogP contribution >= 0.6 is 0 Å². The van der Waals surface area contributed by atoms with E-state index in [2.05, 4.69) is 10.6 Å². The van der Waals surface area contributed by atoms with Crippen LogP contribution in [0.25, 0.3) is 0 Å². The molecule has 4 heteroatoms. The summed E-state index contributed by atoms with van der Waals surface area (Å²) in [7, 11) is 0. The molecular weight excluding hydrogens is 250 g/mol. The molecule has 1 heterocycles. The lowest BCUT2D eigenvalue weighted by atomic mass is 10.0. The molecule has 4 N–H and O–H groups in total. The fraction of sp³-hybridized carbons (Fsp3) is 0.188. The van der Waals surface area contributed by atoms with E-state index >= 15 is 0 Å². The number of hydrogen-bond acceptors (Lipinski definition) is 3. The molecule has 0 radical (unpaired) electrons. The summed E-state index contributed by atoms with van der Waals surface area (Å²) in [6, 6.07) is 11.9. The van der Waals surface area contributed by atoms with Crippen molar-refractivity contribution in [2.75, 3.05) is 16.4 Å². The number of para-hydroxylation sites is 1. The smallest absolute Gasteiger partial charge is 0.224 e. The van der Waals surface area contributed by atoms with Gasteiger partial charge in [0.05, 0.1) is 11.4 Å². The Morgan fingerprint density at radius 1 is 1.15 bits per heavy atom. The molecule has 2 aromatic rings. The van der Waals surface area contributed by atoms with Crippen LogP contribution in [0.1, 0.15) is 17.5 Å². The zero-order chi connectivity index (χ0) is 14.1. The summed E-state index contributed by atoms with van der Waals surface area (Å²) in [5, 5.41) is 6.22. The molecule has 0 aliphatic carbocycles. The molecular formula is C16H17N3O. The summed E-state index contributed by atoms with van der Waals surface area (Å²) in [5.41, 5.74) is 11.7. The number of hydrogen-bond donors (Lipinski definition) is 3. The Bertz CT molecular complexity index is 679. The summed E-state index contributed by atoms with van der Waals surface area (Å²) < 4.78 is 0. The average Bonchev–Trinajstić information content (AvgIpc) is 2.42. The Morgan fingerprint density at radius 3 is 2.75 bits per heavy atom. The maximum absolute atomic E-state index is 11.5. The predicted octanol–water partition coefficient (Wildman–Crippen LogP) is 3.21. The van der Waals surface area contributed by atoms with Crippen LogP contribution in [0.15, 0.2) is 36.4 Å². The second kappa shape index (κ2) is 4.89. The lowest BCUT2D eigenvalue weighted by Gasteiger charge is -2.20. The van der Waals surface area contributed by atoms with Gasteiger partial charge < -0.3 is 16.4 Å². The van der Waals surface area contributed by atoms with Crippen molar-refractivity contribution < 1.29 is 4.79 Å². The topological polar surface area (TPSA) is 67.1 Å². The monoisotopic (exact) mass is 267 g/mol. The van der Waals surface area contributed by atoms with Crippen LogP contribution in [0.4, 0.5) is 22.7 Å². The number of fused-ring (bicyclic) bond motifs is 1. The van der Waals surface area contributed by atoms with E-state index in [0.717, 1.165) is 34.6 Å². The zero-order valence-corrected chi connectivity index (χ0v) is 11.4. The van der Waals surface area contributed by atoms with Gasteiger partial charge in [-0.15, -0.1) is 0 Å². The molecule has 1 aliphatic rings. The zero-order valence-electron chi connectivity index (χ0n) is 11.4. The number of benzene rings is 2. The van der Waals surface area contributed by atoms with E-state index in [1.54, 1.807) is 0 Å². The second-order valence-corrected chi connectivity index (χ2v) is 5.08. The minimum absolute atomic E-state index is 0.0594. The van der Waals surface area contributed by atoms with Gasteiger partial charge in [-0.2, -0.15) is 0 Å². The van der Waals surface area contributed by atoms with E-state index in [1.165, 1.54) is 0 Å². The standard InChI is InChI=1S/C16H17N3O/c1-10-4-2-3-5-13(10)18-15-9-14-11(8-12(15)17)6-7-16(20)19-14/h2-5,8-9,18H,6-7,17H2,1H3,(H,19,20). The Hall–Kier alpha value is -2.49. The highest BCUT2D eigenvalue weighted by Gasteiger charge is 2.16. The van der Waals surface area contributed by atoms with Crippen molar-refractivity contribution >= 4 is 28.7 Å². The van der Waals surface area contributed by atoms with Crippen LogP contribution in [0.3, 0.4) is 0 Å². The van der Waals surface area contributed by atoms with Crippen LogP contribution in [-0.4, -0.2) is 5.91 Å². The van der Waals surface area contributed by atoms with E-state index in [1.807, 2.05) is 43.3 Å². The fourth-order valence-corrected chi connectivity index (χ4v) is 2.41. The SMILES string of the molecule is Cc1ccccc1Nc1cc2c(cc1N)CCC(=O)N2. The van der Waals surface area contributed by atoms with E-state index in [0.29, 0.717) is 12.1 Å². The third-order valence-corrected chi connectivity index (χ3v) is 3.59. The molecule has 0 unspecified atom stereocenters. The highest BCUT2D eigenvalue weighted by Crippen LogP contribution is 2.33. The fourth-order valence-electron chi connectivity index (χ4n) is 2.41. The van der Waals surface area contributed by atoms with Gasteiger partial charge in [-0.3, -0.25) is 4.79 Å². The molecule has 0 atom stereocenters. The van der Waals surface area contributed by atoms with Crippen molar-refractivity contribution in [1.82, 2.24) is 0 Å². The van der Waals surface area contributed by atoms with Crippen molar-refractivity contribution in [2.24, 2.45) is 0 Å². The third-order valence-electron chi connectivity index (χ3n) is 3.59. The molecule has 3 rings (SSSR count). The molecule has 102 valence electrons. The lowest BCUT2D eigenvalue weighted by molar-refractivity contribution is -0.116. The summed E-state index contributed by atoms with van der Waals surface area (Å²) in [4.78, 5) is 11.5. The molecule has 0 aromatic heterocycles. The van der Waals surface area contributed by atoms with Crippen LogP contribution in [0.5, 0.6) is 0 Å². The Labute approximate surface area is 118 Å². The van der Waals surface area contributed by atoms with Gasteiger partial charge >= 0.3 is 0 Å². The predicted molar refractivity (Wildman–Crippen MR) is 82.3 cm³/mol. The van der Waals surface area contributed by atoms with Crippen LogP contribution in [0, 0.1) is 6.92 Å². The van der Waals surface area contributed by atoms with Gasteiger partial charge in [0.25, 0.3) is 0 Å². The first kappa shape index (κ1) is 12.5. The maximum atomic E-state index is 11.5. The molecule has 0 saturated carbocycles. The van der Waals surface area contributed by atoms with Crippen molar-refractivity contribution in [3.05, 3.63) is 47.5 Å². The first-order valence-electron chi connectivity index (χ1n) is 6.68. The van der Waals surface area contributed by atoms with E-state index in [9.17, 15) is 4.79 Å². The van der Waals surface area contributed by atoms with Gasteiger partial charge in [0, 0.05) is 17.8 Å². The Balaban J connectivity index is 1.96. The minimum atomic E-state index is 0.0594. The number of nitrogens with two attached hydrogens (primary N) is 1. The normalized spacial score (nSPS) is 13.6. The molecule has 20 heavy (non-hydrogen) atoms. The van der Waals surface area contributed by atoms with Crippen molar-refractivity contribution in [1.29, 1.82) is 0 Å². The average molecular weight is 267 g/mol. The number of carbonyl (C=O) groups is 1. The van der Waals surface area contributed by atoms with Crippen LogP contribution in [-0.2, 0) is 11.2 Å². The number of anilines is 4. The summed E-state index contributed by atoms with van der Waals surface area (Å²) in [6.07, 6.45) is 1.27. The van der Waals surface area contributed by atoms with Crippen molar-refractivity contribution in [3.8, 4) is 0 Å². The molecule has 0 fully saturated rings. The quantitative estimate of drug-likeness (QED) is 0.732. The van der Waals surface area contributed by atoms with Gasteiger partial charge in [0.2, 0.25) is 5.91 Å². The van der Waals surface area contributed by atoms with E-state index in [4.69, 9.17) is 5.73 Å². The minimum Gasteiger partial charge on any atom is -0.397 e. The lowest BCUT2D eigenvalue weighted by Crippen LogP contribution is -2.19. The molecule has 0 saturated heterocycles. The third kappa shape index (κ3) is 2.32. The Morgan fingerprint density at radius 2 is 1.95 bits per heavy atom. The largest absolute Gasteiger partial charge is 0.397 e. The summed E-state index contributed by atoms with van der Waals surface area (Å²) in [6.45, 7) is 2.04. The first-order chi connectivity index (χ1) is 9.63. The van der Waals surface area contributed by atoms with Gasteiger partial charge in [0.15, 0.2) is 0 Å². The van der Waals surface area contributed by atoms with Gasteiger partial charge in [-0.1, -0.05) is 18.2 Å². The number of carbonyl (C=O) groups excluding carboxylic acids is 1. The molecule has 0 bridgehead atoms. The van der Waals surface area contributed by atoms with Crippen LogP contribution < -0.4 is 16.4 Å². The highest BCUT2D eigenvalue weighted by atomic mass is 16.1. The molecule has 4 nitrogen and oxygen atoms in total. The maximum Gasteiger partial charge on any atom is 0.224 e. The van der Waals surface area contributed by atoms with Gasteiger partial charge in [-0.05, 0) is 42.7 Å². The van der Waals surface area contributed by atoms with E-state index in [-0.39, 0.29) is 5.91 Å². The summed E-state index contributed by atoms with van der Waals surface area (Å²) in [5.74, 6) is 0.0594. The van der Waals surface area contributed by atoms with E-state index < -0.39 is 0 Å². The first-order valence-corrected chi connectivity index (χ1v) is 6.68. The summed E-state index contributed by atoms with van der Waals surface area (Å²) >= 11 is 0. The molecule has 1 aliphatic heterocycles. The van der Waals surface area contributed by atoms with Crippen molar-refractivity contribution in [3.63, 3.8) is 0 Å². The second-order valence-electron chi connectivity index (χ2n) is 5.08. The Kier molecular flexibility index (Phi) is 3.06. The molecule has 0 spiro atoms. The van der Waals surface area contributed by atoms with Gasteiger partial charge in [-0.25, -0.2) is 0 Å². The number of aryl methyl sites for hydroxylation is 2. The molecule has 1 amide bonds. The number of nitrogens with one attached hydrogen (secondary N) is 2. The van der Waals surface area contributed by atoms with Crippen LogP contribution in [0.2, 0.25) is 0 Å². The number of rotatable bonds is 2. The number of nitrogen functional groups attached to an aromatic ring is 1. The van der Waals surface area contributed by atoms with Crippen molar-refractivity contribution in [2.45, 2.75) is 19.8 Å². The molecule has 2 aromatic carbocycles. The highest BCUT2D eigenvalue weighted by molar-refractivity contribution is 5.96.